The molecule has 3 aliphatic rings. The Bertz CT molecular complexity index is 1080. The average Bonchev–Trinajstić information content (AvgIpc) is 2.90. The van der Waals surface area contributed by atoms with Crippen molar-refractivity contribution in [2.24, 2.45) is 0 Å². The van der Waals surface area contributed by atoms with E-state index in [1.807, 2.05) is 24.3 Å². The Balaban J connectivity index is 0.000000211. The lowest BCUT2D eigenvalue weighted by atomic mass is 9.83. The van der Waals surface area contributed by atoms with Crippen molar-refractivity contribution in [3.63, 3.8) is 0 Å². The molecule has 38 heavy (non-hydrogen) atoms. The summed E-state index contributed by atoms with van der Waals surface area (Å²) in [6, 6.07) is 15.9. The number of allylic oxidation sites excluding steroid dienone is 2. The van der Waals surface area contributed by atoms with E-state index in [0.29, 0.717) is 5.92 Å². The van der Waals surface area contributed by atoms with E-state index in [4.69, 9.17) is 16.3 Å². The van der Waals surface area contributed by atoms with Gasteiger partial charge in [-0.3, -0.25) is 4.90 Å². The molecule has 2 aromatic carbocycles. The molecule has 0 radical (unpaired) electrons. The zero-order chi connectivity index (χ0) is 27.5. The van der Waals surface area contributed by atoms with Gasteiger partial charge in [-0.2, -0.15) is 0 Å². The third kappa shape index (κ3) is 8.57. The van der Waals surface area contributed by atoms with Crippen LogP contribution >= 0.6 is 11.6 Å². The molecule has 1 fully saturated rings. The number of unbranched alkanes of at least 4 members (excludes halogenated alkanes) is 1. The number of ether oxygens (including phenoxy) is 1. The summed E-state index contributed by atoms with van der Waals surface area (Å²) in [7, 11) is 0. The maximum atomic E-state index is 6.01. The summed E-state index contributed by atoms with van der Waals surface area (Å²) in [4.78, 5) is 2.73. The highest BCUT2D eigenvalue weighted by Crippen LogP contribution is 2.32. The van der Waals surface area contributed by atoms with E-state index >= 15 is 0 Å². The van der Waals surface area contributed by atoms with Crippen LogP contribution in [-0.4, -0.2) is 37.2 Å². The lowest BCUT2D eigenvalue weighted by Crippen LogP contribution is -2.42. The van der Waals surface area contributed by atoms with Crippen LogP contribution in [0.2, 0.25) is 5.02 Å². The third-order valence-electron chi connectivity index (χ3n) is 8.31. The minimum atomic E-state index is 0.647. The zero-order valence-electron chi connectivity index (χ0n) is 24.8. The lowest BCUT2D eigenvalue weighted by Gasteiger charge is -2.38. The minimum Gasteiger partial charge on any atom is -0.380 e. The topological polar surface area (TPSA) is 12.5 Å². The fraction of sp³-hybridized carbons (Fsp3) is 0.543. The van der Waals surface area contributed by atoms with Gasteiger partial charge in [-0.1, -0.05) is 98.8 Å². The molecule has 0 bridgehead atoms. The summed E-state index contributed by atoms with van der Waals surface area (Å²) in [5.41, 5.74) is 10.3. The Labute approximate surface area is 238 Å². The van der Waals surface area contributed by atoms with Gasteiger partial charge in [-0.25, -0.2) is 0 Å². The van der Waals surface area contributed by atoms with Crippen molar-refractivity contribution < 1.29 is 4.74 Å². The monoisotopic (exact) mass is 535 g/mol. The number of fused-ring (bicyclic) bond motifs is 1. The molecule has 2 aliphatic heterocycles. The largest absolute Gasteiger partial charge is 0.380 e. The van der Waals surface area contributed by atoms with Crippen LogP contribution in [0.3, 0.4) is 0 Å². The quantitative estimate of drug-likeness (QED) is 0.353. The molecule has 2 aromatic rings. The molecular formula is C35H50ClNO. The highest BCUT2D eigenvalue weighted by Gasteiger charge is 2.28. The minimum absolute atomic E-state index is 0.647. The number of halogens is 1. The second-order valence-corrected chi connectivity index (χ2v) is 11.6. The Morgan fingerprint density at radius 1 is 0.974 bits per heavy atom. The van der Waals surface area contributed by atoms with Crippen molar-refractivity contribution in [2.45, 2.75) is 98.4 Å². The summed E-state index contributed by atoms with van der Waals surface area (Å²) < 4.78 is 5.36. The van der Waals surface area contributed by atoms with Gasteiger partial charge in [0.25, 0.3) is 0 Å². The van der Waals surface area contributed by atoms with E-state index in [1.165, 1.54) is 62.8 Å². The first-order valence-corrected chi connectivity index (χ1v) is 15.3. The molecule has 0 aromatic heterocycles. The standard InChI is InChI=1S/C20H27NO.C11H13Cl.C4H10/c1-14-7-8-21(11-15(14)2)20-6-5-16-3-4-17(9-18(16)10-20)19-12-22-13-19;1-3-6-9(2)10-7-4-5-8-11(10)12;1-3-4-2/h3-4,9,19-20H,5-8,10-13H2,1-2H3;4-8H,3H2,1-2H3;3-4H2,1-2H3/b;9-6-;. The van der Waals surface area contributed by atoms with Gasteiger partial charge in [-0.05, 0) is 86.8 Å². The average molecular weight is 536 g/mol. The molecule has 0 saturated carbocycles. The molecule has 5 rings (SSSR count). The van der Waals surface area contributed by atoms with Gasteiger partial charge in [0.05, 0.1) is 13.2 Å². The molecule has 1 unspecified atom stereocenters. The molecule has 1 saturated heterocycles. The van der Waals surface area contributed by atoms with Gasteiger partial charge in [0.2, 0.25) is 0 Å². The van der Waals surface area contributed by atoms with Crippen LogP contribution in [0.15, 0.2) is 59.7 Å². The van der Waals surface area contributed by atoms with Crippen LogP contribution in [0.5, 0.6) is 0 Å². The van der Waals surface area contributed by atoms with Crippen LogP contribution in [0.4, 0.5) is 0 Å². The van der Waals surface area contributed by atoms with Gasteiger partial charge in [0.1, 0.15) is 0 Å². The molecular weight excluding hydrogens is 486 g/mol. The summed E-state index contributed by atoms with van der Waals surface area (Å²) in [5.74, 6) is 0.647. The number of nitrogens with zero attached hydrogens (tertiary/aromatic N) is 1. The zero-order valence-corrected chi connectivity index (χ0v) is 25.5. The van der Waals surface area contributed by atoms with E-state index in [2.05, 4.69) is 70.7 Å². The SMILES string of the molecule is CC/C=C(/C)c1ccccc1Cl.CC1=C(C)CN(C2CCc3ccc(C4COC4)cc3C2)CC1.CCCC. The maximum absolute atomic E-state index is 6.01. The van der Waals surface area contributed by atoms with E-state index in [0.717, 1.165) is 36.3 Å². The van der Waals surface area contributed by atoms with Gasteiger partial charge in [0.15, 0.2) is 0 Å². The smallest absolute Gasteiger partial charge is 0.0557 e. The summed E-state index contributed by atoms with van der Waals surface area (Å²) >= 11 is 6.01. The van der Waals surface area contributed by atoms with Crippen molar-refractivity contribution in [1.29, 1.82) is 0 Å². The van der Waals surface area contributed by atoms with Gasteiger partial charge >= 0.3 is 0 Å². The van der Waals surface area contributed by atoms with Crippen molar-refractivity contribution >= 4 is 17.2 Å². The van der Waals surface area contributed by atoms with Crippen molar-refractivity contribution in [3.8, 4) is 0 Å². The van der Waals surface area contributed by atoms with Crippen LogP contribution < -0.4 is 0 Å². The Morgan fingerprint density at radius 2 is 1.71 bits per heavy atom. The molecule has 2 heterocycles. The predicted octanol–water partition coefficient (Wildman–Crippen LogP) is 9.66. The Morgan fingerprint density at radius 3 is 2.32 bits per heavy atom. The van der Waals surface area contributed by atoms with Gasteiger partial charge < -0.3 is 4.74 Å². The Kier molecular flexibility index (Phi) is 12.6. The Hall–Kier alpha value is -1.87. The summed E-state index contributed by atoms with van der Waals surface area (Å²) in [6.07, 6.45) is 10.9. The third-order valence-corrected chi connectivity index (χ3v) is 8.64. The van der Waals surface area contributed by atoms with Crippen molar-refractivity contribution in [3.05, 3.63) is 87.0 Å². The van der Waals surface area contributed by atoms with Crippen LogP contribution in [0.25, 0.3) is 5.57 Å². The summed E-state index contributed by atoms with van der Waals surface area (Å²) in [5, 5.41) is 0.833. The second-order valence-electron chi connectivity index (χ2n) is 11.2. The van der Waals surface area contributed by atoms with E-state index in [-0.39, 0.29) is 0 Å². The second kappa shape index (κ2) is 15.7. The fourth-order valence-electron chi connectivity index (χ4n) is 5.30. The molecule has 2 nitrogen and oxygen atoms in total. The molecule has 3 heteroatoms. The van der Waals surface area contributed by atoms with Crippen LogP contribution in [0, 0.1) is 0 Å². The van der Waals surface area contributed by atoms with Crippen molar-refractivity contribution in [1.82, 2.24) is 4.90 Å². The maximum Gasteiger partial charge on any atom is 0.0557 e. The van der Waals surface area contributed by atoms with Gasteiger partial charge in [-0.15, -0.1) is 0 Å². The molecule has 1 atom stereocenters. The van der Waals surface area contributed by atoms with Gasteiger partial charge in [0, 0.05) is 30.1 Å². The molecule has 0 N–H and O–H groups in total. The first-order valence-electron chi connectivity index (χ1n) is 14.9. The molecule has 208 valence electrons. The van der Waals surface area contributed by atoms with E-state index < -0.39 is 0 Å². The number of rotatable bonds is 5. The molecule has 0 amide bonds. The number of hydrogen-bond donors (Lipinski definition) is 0. The first kappa shape index (κ1) is 30.7. The lowest BCUT2D eigenvalue weighted by molar-refractivity contribution is 0.00837. The normalized spacial score (nSPS) is 20.0. The van der Waals surface area contributed by atoms with E-state index in [1.54, 1.807) is 22.3 Å². The number of benzene rings is 2. The van der Waals surface area contributed by atoms with Crippen LogP contribution in [0.1, 0.15) is 102 Å². The highest BCUT2D eigenvalue weighted by molar-refractivity contribution is 6.32. The highest BCUT2D eigenvalue weighted by atomic mass is 35.5. The van der Waals surface area contributed by atoms with Crippen molar-refractivity contribution in [2.75, 3.05) is 26.3 Å². The number of hydrogen-bond acceptors (Lipinski definition) is 2. The first-order chi connectivity index (χ1) is 18.4. The van der Waals surface area contributed by atoms with E-state index in [9.17, 15) is 0 Å². The molecule has 0 spiro atoms. The molecule has 1 aliphatic carbocycles. The fourth-order valence-corrected chi connectivity index (χ4v) is 5.59. The predicted molar refractivity (Wildman–Crippen MR) is 166 cm³/mol. The summed E-state index contributed by atoms with van der Waals surface area (Å²) in [6.45, 7) is 17.4. The number of aryl methyl sites for hydroxylation is 1. The van der Waals surface area contributed by atoms with Crippen LogP contribution in [-0.2, 0) is 17.6 Å².